The van der Waals surface area contributed by atoms with Crippen LogP contribution in [-0.2, 0) is 25.8 Å². The number of nitrogens with one attached hydrogen (secondary N) is 2. The zero-order chi connectivity index (χ0) is 17.4. The predicted molar refractivity (Wildman–Crippen MR) is 114 cm³/mol. The number of guanidine groups is 1. The molecule has 0 radical (unpaired) electrons. The third kappa shape index (κ3) is 6.02. The minimum atomic E-state index is 0. The zero-order valence-corrected chi connectivity index (χ0v) is 17.9. The monoisotopic (exact) mass is 456 g/mol. The second-order valence-corrected chi connectivity index (χ2v) is 5.77. The first-order valence-corrected chi connectivity index (χ1v) is 8.64. The summed E-state index contributed by atoms with van der Waals surface area (Å²) in [4.78, 5) is 4.30. The molecular weight excluding hydrogens is 427 g/mol. The fourth-order valence-corrected chi connectivity index (χ4v) is 2.74. The van der Waals surface area contributed by atoms with E-state index in [-0.39, 0.29) is 24.0 Å². The average molecular weight is 456 g/mol. The minimum absolute atomic E-state index is 0. The molecule has 138 valence electrons. The lowest BCUT2D eigenvalue weighted by molar-refractivity contribution is 0.380. The van der Waals surface area contributed by atoms with E-state index in [1.54, 1.807) is 7.05 Å². The Morgan fingerprint density at radius 2 is 1.92 bits per heavy atom. The van der Waals surface area contributed by atoms with Gasteiger partial charge in [-0.25, -0.2) is 0 Å². The van der Waals surface area contributed by atoms with Crippen molar-refractivity contribution in [3.63, 3.8) is 0 Å². The normalized spacial score (nSPS) is 11.1. The summed E-state index contributed by atoms with van der Waals surface area (Å²) < 4.78 is 5.40. The van der Waals surface area contributed by atoms with E-state index >= 15 is 0 Å². The number of aryl methyl sites for hydroxylation is 3. The Morgan fingerprint density at radius 3 is 2.56 bits per heavy atom. The molecule has 0 aliphatic heterocycles. The van der Waals surface area contributed by atoms with Gasteiger partial charge in [0.1, 0.15) is 5.76 Å². The molecule has 0 unspecified atom stereocenters. The fraction of sp³-hybridized carbons (Fsp3) is 0.474. The summed E-state index contributed by atoms with van der Waals surface area (Å²) in [5.74, 6) is 1.75. The highest BCUT2D eigenvalue weighted by atomic mass is 127. The van der Waals surface area contributed by atoms with E-state index < -0.39 is 0 Å². The quantitative estimate of drug-likeness (QED) is 0.380. The van der Waals surface area contributed by atoms with Crippen LogP contribution < -0.4 is 10.6 Å². The maximum atomic E-state index is 5.40. The van der Waals surface area contributed by atoms with Crippen LogP contribution in [-0.4, -0.2) is 24.7 Å². The van der Waals surface area contributed by atoms with Gasteiger partial charge in [-0.3, -0.25) is 4.99 Å². The Balaban J connectivity index is 0.00000312. The van der Waals surface area contributed by atoms with Crippen LogP contribution in [0.1, 0.15) is 42.0 Å². The smallest absolute Gasteiger partial charge is 0.191 e. The summed E-state index contributed by atoms with van der Waals surface area (Å²) in [7, 11) is 1.79. The number of aromatic nitrogens is 1. The van der Waals surface area contributed by atoms with Gasteiger partial charge in [0.05, 0.1) is 5.69 Å². The number of benzene rings is 1. The third-order valence-electron chi connectivity index (χ3n) is 4.21. The first-order valence-electron chi connectivity index (χ1n) is 8.64. The molecule has 0 fully saturated rings. The van der Waals surface area contributed by atoms with Gasteiger partial charge in [0, 0.05) is 32.1 Å². The van der Waals surface area contributed by atoms with Crippen molar-refractivity contribution < 1.29 is 4.52 Å². The lowest BCUT2D eigenvalue weighted by Gasteiger charge is -2.13. The summed E-state index contributed by atoms with van der Waals surface area (Å²) in [5, 5.41) is 10.9. The minimum Gasteiger partial charge on any atom is -0.361 e. The number of hydrogen-bond acceptors (Lipinski definition) is 3. The van der Waals surface area contributed by atoms with Crippen molar-refractivity contribution in [2.45, 2.75) is 46.6 Å². The maximum Gasteiger partial charge on any atom is 0.191 e. The molecule has 6 heteroatoms. The standard InChI is InChI=1S/C19H28N4O.HI/c1-5-17-16(18(6-2)24-23-17)13-22-19(20-4)21-12-11-15-10-8-7-9-14(15)3;/h7-10H,5-6,11-13H2,1-4H3,(H2,20,21,22);1H. The summed E-state index contributed by atoms with van der Waals surface area (Å²) in [6.07, 6.45) is 2.70. The largest absolute Gasteiger partial charge is 0.361 e. The number of hydrogen-bond donors (Lipinski definition) is 2. The molecule has 0 atom stereocenters. The van der Waals surface area contributed by atoms with Crippen LogP contribution in [0.3, 0.4) is 0 Å². The van der Waals surface area contributed by atoms with Crippen molar-refractivity contribution in [2.75, 3.05) is 13.6 Å². The Labute approximate surface area is 167 Å². The highest BCUT2D eigenvalue weighted by Crippen LogP contribution is 2.15. The van der Waals surface area contributed by atoms with Gasteiger partial charge in [0.2, 0.25) is 0 Å². The maximum absolute atomic E-state index is 5.40. The summed E-state index contributed by atoms with van der Waals surface area (Å²) in [6, 6.07) is 8.47. The Bertz CT molecular complexity index is 660. The molecule has 0 saturated heterocycles. The summed E-state index contributed by atoms with van der Waals surface area (Å²) in [6.45, 7) is 7.84. The van der Waals surface area contributed by atoms with Gasteiger partial charge in [-0.05, 0) is 30.9 Å². The number of nitrogens with zero attached hydrogens (tertiary/aromatic N) is 2. The SMILES string of the molecule is CCc1noc(CC)c1CNC(=NC)NCCc1ccccc1C.I. The summed E-state index contributed by atoms with van der Waals surface area (Å²) >= 11 is 0. The molecule has 5 nitrogen and oxygen atoms in total. The topological polar surface area (TPSA) is 62.5 Å². The van der Waals surface area contributed by atoms with Crippen molar-refractivity contribution >= 4 is 29.9 Å². The molecule has 0 aliphatic rings. The number of aliphatic imine (C=N–C) groups is 1. The first kappa shape index (κ1) is 21.5. The fourth-order valence-electron chi connectivity index (χ4n) is 2.74. The average Bonchev–Trinajstić information content (AvgIpc) is 3.01. The van der Waals surface area contributed by atoms with Gasteiger partial charge in [0.15, 0.2) is 5.96 Å². The van der Waals surface area contributed by atoms with E-state index in [1.165, 1.54) is 11.1 Å². The van der Waals surface area contributed by atoms with Crippen LogP contribution in [0.25, 0.3) is 0 Å². The molecule has 1 aromatic heterocycles. The first-order chi connectivity index (χ1) is 11.7. The second-order valence-electron chi connectivity index (χ2n) is 5.77. The Hall–Kier alpha value is -1.57. The number of rotatable bonds is 7. The van der Waals surface area contributed by atoms with E-state index in [0.717, 1.165) is 48.8 Å². The van der Waals surface area contributed by atoms with Crippen LogP contribution in [0, 0.1) is 6.92 Å². The molecule has 0 spiro atoms. The highest BCUT2D eigenvalue weighted by molar-refractivity contribution is 14.0. The number of halogens is 1. The molecule has 0 saturated carbocycles. The van der Waals surface area contributed by atoms with Crippen molar-refractivity contribution in [2.24, 2.45) is 4.99 Å². The van der Waals surface area contributed by atoms with Crippen LogP contribution >= 0.6 is 24.0 Å². The van der Waals surface area contributed by atoms with E-state index in [1.807, 2.05) is 0 Å². The second kappa shape index (κ2) is 11.1. The van der Waals surface area contributed by atoms with Gasteiger partial charge in [0.25, 0.3) is 0 Å². The zero-order valence-electron chi connectivity index (χ0n) is 15.6. The molecule has 2 N–H and O–H groups in total. The molecule has 25 heavy (non-hydrogen) atoms. The highest BCUT2D eigenvalue weighted by Gasteiger charge is 2.13. The van der Waals surface area contributed by atoms with Crippen LogP contribution in [0.4, 0.5) is 0 Å². The van der Waals surface area contributed by atoms with E-state index in [2.05, 4.69) is 65.8 Å². The van der Waals surface area contributed by atoms with Gasteiger partial charge in [-0.2, -0.15) is 0 Å². The van der Waals surface area contributed by atoms with Gasteiger partial charge in [-0.1, -0.05) is 43.3 Å². The van der Waals surface area contributed by atoms with Crippen molar-refractivity contribution in [1.29, 1.82) is 0 Å². The van der Waals surface area contributed by atoms with E-state index in [0.29, 0.717) is 6.54 Å². The van der Waals surface area contributed by atoms with Gasteiger partial charge < -0.3 is 15.2 Å². The summed E-state index contributed by atoms with van der Waals surface area (Å²) in [5.41, 5.74) is 4.87. The molecule has 2 aromatic rings. The van der Waals surface area contributed by atoms with Crippen molar-refractivity contribution in [3.05, 3.63) is 52.4 Å². The molecule has 2 rings (SSSR count). The molecule has 0 amide bonds. The molecule has 0 aliphatic carbocycles. The van der Waals surface area contributed by atoms with E-state index in [9.17, 15) is 0 Å². The molecular formula is C19H29IN4O. The predicted octanol–water partition coefficient (Wildman–Crippen LogP) is 3.63. The van der Waals surface area contributed by atoms with E-state index in [4.69, 9.17) is 4.52 Å². The van der Waals surface area contributed by atoms with Crippen LogP contribution in [0.15, 0.2) is 33.8 Å². The Morgan fingerprint density at radius 1 is 1.16 bits per heavy atom. The lowest BCUT2D eigenvalue weighted by Crippen LogP contribution is -2.38. The van der Waals surface area contributed by atoms with Crippen LogP contribution in [0.5, 0.6) is 0 Å². The third-order valence-corrected chi connectivity index (χ3v) is 4.21. The lowest BCUT2D eigenvalue weighted by atomic mass is 10.1. The van der Waals surface area contributed by atoms with Crippen molar-refractivity contribution in [1.82, 2.24) is 15.8 Å². The molecule has 1 aromatic carbocycles. The van der Waals surface area contributed by atoms with Crippen LogP contribution in [0.2, 0.25) is 0 Å². The van der Waals surface area contributed by atoms with Gasteiger partial charge in [-0.15, -0.1) is 24.0 Å². The molecule has 0 bridgehead atoms. The Kier molecular flexibility index (Phi) is 9.55. The van der Waals surface area contributed by atoms with Crippen molar-refractivity contribution in [3.8, 4) is 0 Å². The van der Waals surface area contributed by atoms with Gasteiger partial charge >= 0.3 is 0 Å². The molecule has 1 heterocycles.